The molecule has 0 fully saturated rings. The quantitative estimate of drug-likeness (QED) is 0.706. The summed E-state index contributed by atoms with van der Waals surface area (Å²) in [6.45, 7) is 4.69. The smallest absolute Gasteiger partial charge is 0.119 e. The van der Waals surface area contributed by atoms with Gasteiger partial charge in [0.15, 0.2) is 0 Å². The van der Waals surface area contributed by atoms with Crippen LogP contribution in [0.3, 0.4) is 0 Å². The minimum atomic E-state index is 0.0696. The number of benzene rings is 1. The van der Waals surface area contributed by atoms with Gasteiger partial charge < -0.3 is 16.6 Å². The number of phenolic OH excluding ortho intramolecular Hbond substituents is 1. The summed E-state index contributed by atoms with van der Waals surface area (Å²) in [5.74, 6) is 0.356. The van der Waals surface area contributed by atoms with Gasteiger partial charge in [-0.1, -0.05) is 6.07 Å². The van der Waals surface area contributed by atoms with Crippen LogP contribution in [0.15, 0.2) is 12.1 Å². The van der Waals surface area contributed by atoms with Gasteiger partial charge in [0, 0.05) is 6.04 Å². The fourth-order valence-electron chi connectivity index (χ4n) is 1.87. The Balaban J connectivity index is 2.88. The Labute approximate surface area is 97.5 Å². The van der Waals surface area contributed by atoms with Crippen molar-refractivity contribution < 1.29 is 5.11 Å². The Morgan fingerprint density at radius 3 is 2.56 bits per heavy atom. The van der Waals surface area contributed by atoms with Crippen LogP contribution >= 0.6 is 0 Å². The summed E-state index contributed by atoms with van der Waals surface area (Å²) in [4.78, 5) is 0. The molecule has 16 heavy (non-hydrogen) atoms. The molecule has 0 heterocycles. The fourth-order valence-corrected chi connectivity index (χ4v) is 1.87. The molecule has 0 spiro atoms. The molecule has 0 aliphatic carbocycles. The molecule has 1 aromatic rings. The van der Waals surface area contributed by atoms with E-state index in [4.69, 9.17) is 11.5 Å². The van der Waals surface area contributed by atoms with E-state index in [1.165, 1.54) is 11.1 Å². The summed E-state index contributed by atoms with van der Waals surface area (Å²) < 4.78 is 0. The zero-order valence-electron chi connectivity index (χ0n) is 10.2. The molecule has 0 aliphatic rings. The largest absolute Gasteiger partial charge is 0.508 e. The normalized spacial score (nSPS) is 12.8. The molecule has 0 aromatic heterocycles. The van der Waals surface area contributed by atoms with Crippen LogP contribution in [0, 0.1) is 6.92 Å². The zero-order chi connectivity index (χ0) is 12.1. The number of nitrogens with two attached hydrogens (primary N) is 2. The lowest BCUT2D eigenvalue weighted by atomic mass is 9.97. The van der Waals surface area contributed by atoms with Gasteiger partial charge in [0.2, 0.25) is 0 Å². The monoisotopic (exact) mass is 222 g/mol. The molecular formula is C13H22N2O. The van der Waals surface area contributed by atoms with E-state index in [9.17, 15) is 5.11 Å². The molecule has 3 nitrogen and oxygen atoms in total. The highest BCUT2D eigenvalue weighted by molar-refractivity contribution is 5.42. The van der Waals surface area contributed by atoms with Crippen molar-refractivity contribution in [3.05, 3.63) is 28.8 Å². The first-order valence-corrected chi connectivity index (χ1v) is 5.81. The highest BCUT2D eigenvalue weighted by Crippen LogP contribution is 2.24. The molecule has 0 aliphatic heterocycles. The Bertz CT molecular complexity index is 348. The van der Waals surface area contributed by atoms with E-state index in [0.717, 1.165) is 18.4 Å². The van der Waals surface area contributed by atoms with Gasteiger partial charge in [-0.3, -0.25) is 0 Å². The maximum atomic E-state index is 9.88. The SMILES string of the molecule is Cc1cc(CC(C)N)c(O)cc1CCCN. The van der Waals surface area contributed by atoms with E-state index in [1.54, 1.807) is 0 Å². The lowest BCUT2D eigenvalue weighted by molar-refractivity contribution is 0.464. The van der Waals surface area contributed by atoms with Crippen molar-refractivity contribution in [2.75, 3.05) is 6.54 Å². The second-order valence-electron chi connectivity index (χ2n) is 4.48. The van der Waals surface area contributed by atoms with Gasteiger partial charge >= 0.3 is 0 Å². The van der Waals surface area contributed by atoms with Gasteiger partial charge in [-0.05, 0) is 62.4 Å². The maximum absolute atomic E-state index is 9.88. The van der Waals surface area contributed by atoms with Crippen LogP contribution < -0.4 is 11.5 Å². The minimum absolute atomic E-state index is 0.0696. The average molecular weight is 222 g/mol. The van der Waals surface area contributed by atoms with E-state index in [2.05, 4.69) is 6.92 Å². The number of aromatic hydroxyl groups is 1. The second kappa shape index (κ2) is 5.87. The predicted molar refractivity (Wildman–Crippen MR) is 67.6 cm³/mol. The van der Waals surface area contributed by atoms with Gasteiger partial charge in [-0.25, -0.2) is 0 Å². The molecular weight excluding hydrogens is 200 g/mol. The van der Waals surface area contributed by atoms with Crippen LogP contribution in [-0.2, 0) is 12.8 Å². The Kier molecular flexibility index (Phi) is 4.77. The minimum Gasteiger partial charge on any atom is -0.508 e. The van der Waals surface area contributed by atoms with Crippen molar-refractivity contribution in [3.63, 3.8) is 0 Å². The molecule has 0 radical (unpaired) electrons. The summed E-state index contributed by atoms with van der Waals surface area (Å²) in [5.41, 5.74) is 14.5. The first kappa shape index (κ1) is 13.0. The highest BCUT2D eigenvalue weighted by Gasteiger charge is 2.08. The molecule has 0 saturated carbocycles. The summed E-state index contributed by atoms with van der Waals surface area (Å²) in [6, 6.07) is 3.95. The standard InChI is InChI=1S/C13H22N2O/c1-9-6-12(7-10(2)15)13(16)8-11(9)4-3-5-14/h6,8,10,16H,3-5,7,14-15H2,1-2H3. The fraction of sp³-hybridized carbons (Fsp3) is 0.538. The zero-order valence-corrected chi connectivity index (χ0v) is 10.2. The maximum Gasteiger partial charge on any atom is 0.119 e. The van der Waals surface area contributed by atoms with Crippen molar-refractivity contribution in [1.29, 1.82) is 0 Å². The molecule has 5 N–H and O–H groups in total. The van der Waals surface area contributed by atoms with Gasteiger partial charge in [0.05, 0.1) is 0 Å². The number of hydrogen-bond acceptors (Lipinski definition) is 3. The number of aryl methyl sites for hydroxylation is 2. The highest BCUT2D eigenvalue weighted by atomic mass is 16.3. The second-order valence-corrected chi connectivity index (χ2v) is 4.48. The molecule has 1 aromatic carbocycles. The Morgan fingerprint density at radius 1 is 1.31 bits per heavy atom. The van der Waals surface area contributed by atoms with E-state index >= 15 is 0 Å². The van der Waals surface area contributed by atoms with Crippen LogP contribution in [0.25, 0.3) is 0 Å². The third-order valence-electron chi connectivity index (χ3n) is 2.73. The van der Waals surface area contributed by atoms with Crippen molar-refractivity contribution in [1.82, 2.24) is 0 Å². The summed E-state index contributed by atoms with van der Waals surface area (Å²) in [7, 11) is 0. The Morgan fingerprint density at radius 2 is 2.00 bits per heavy atom. The van der Waals surface area contributed by atoms with Crippen LogP contribution in [-0.4, -0.2) is 17.7 Å². The van der Waals surface area contributed by atoms with Gasteiger partial charge in [-0.2, -0.15) is 0 Å². The van der Waals surface area contributed by atoms with E-state index in [1.807, 2.05) is 19.1 Å². The van der Waals surface area contributed by atoms with Crippen molar-refractivity contribution in [2.45, 2.75) is 39.2 Å². The molecule has 1 atom stereocenters. The van der Waals surface area contributed by atoms with Crippen LogP contribution in [0.2, 0.25) is 0 Å². The van der Waals surface area contributed by atoms with Gasteiger partial charge in [0.25, 0.3) is 0 Å². The topological polar surface area (TPSA) is 72.3 Å². The van der Waals surface area contributed by atoms with Crippen LogP contribution in [0.1, 0.15) is 30.0 Å². The lowest BCUT2D eigenvalue weighted by Crippen LogP contribution is -2.18. The molecule has 90 valence electrons. The predicted octanol–water partition coefficient (Wildman–Crippen LogP) is 1.48. The molecule has 1 rings (SSSR count). The molecule has 0 saturated heterocycles. The number of phenols is 1. The first-order valence-electron chi connectivity index (χ1n) is 5.81. The van der Waals surface area contributed by atoms with Crippen LogP contribution in [0.4, 0.5) is 0 Å². The Hall–Kier alpha value is -1.06. The summed E-state index contributed by atoms with van der Waals surface area (Å²) in [5, 5.41) is 9.88. The molecule has 3 heteroatoms. The molecule has 1 unspecified atom stereocenters. The van der Waals surface area contributed by atoms with Crippen LogP contribution in [0.5, 0.6) is 5.75 Å². The van der Waals surface area contributed by atoms with Gasteiger partial charge in [-0.15, -0.1) is 0 Å². The van der Waals surface area contributed by atoms with E-state index in [0.29, 0.717) is 18.7 Å². The average Bonchev–Trinajstić information content (AvgIpc) is 2.20. The van der Waals surface area contributed by atoms with E-state index < -0.39 is 0 Å². The summed E-state index contributed by atoms with van der Waals surface area (Å²) >= 11 is 0. The van der Waals surface area contributed by atoms with Crippen molar-refractivity contribution >= 4 is 0 Å². The summed E-state index contributed by atoms with van der Waals surface area (Å²) in [6.07, 6.45) is 2.59. The first-order chi connectivity index (χ1) is 7.54. The number of rotatable bonds is 5. The molecule has 0 amide bonds. The van der Waals surface area contributed by atoms with E-state index in [-0.39, 0.29) is 6.04 Å². The molecule has 0 bridgehead atoms. The number of hydrogen-bond donors (Lipinski definition) is 3. The van der Waals surface area contributed by atoms with Crippen molar-refractivity contribution in [2.24, 2.45) is 11.5 Å². The third-order valence-corrected chi connectivity index (χ3v) is 2.73. The van der Waals surface area contributed by atoms with Crippen molar-refractivity contribution in [3.8, 4) is 5.75 Å². The van der Waals surface area contributed by atoms with Gasteiger partial charge in [0.1, 0.15) is 5.75 Å². The third kappa shape index (κ3) is 3.51. The lowest BCUT2D eigenvalue weighted by Gasteiger charge is -2.12.